The van der Waals surface area contributed by atoms with Crippen LogP contribution in [0.25, 0.3) is 10.9 Å². The Morgan fingerprint density at radius 3 is 2.71 bits per heavy atom. The molecule has 0 amide bonds. The zero-order chi connectivity index (χ0) is 12.6. The van der Waals surface area contributed by atoms with Crippen molar-refractivity contribution in [1.29, 1.82) is 0 Å². The average molecular weight is 245 g/mol. The summed E-state index contributed by atoms with van der Waals surface area (Å²) in [6.07, 6.45) is -4.80. The Hall–Kier alpha value is -2.05. The molecule has 0 spiro atoms. The van der Waals surface area contributed by atoms with Crippen LogP contribution in [0.3, 0.4) is 0 Å². The van der Waals surface area contributed by atoms with E-state index < -0.39 is 17.7 Å². The van der Waals surface area contributed by atoms with Crippen molar-refractivity contribution in [3.8, 4) is 5.75 Å². The predicted molar refractivity (Wildman–Crippen MR) is 51.7 cm³/mol. The molecule has 0 aliphatic heterocycles. The molecule has 4 nitrogen and oxygen atoms in total. The van der Waals surface area contributed by atoms with E-state index in [1.165, 1.54) is 13.0 Å². The summed E-state index contributed by atoms with van der Waals surface area (Å²) in [6, 6.07) is 3.29. The third-order valence-corrected chi connectivity index (χ3v) is 1.94. The molecule has 0 aliphatic rings. The highest BCUT2D eigenvalue weighted by molar-refractivity contribution is 5.78. The molecule has 0 aliphatic carbocycles. The SMILES string of the molecule is Cc1nc2ccc(OC(F)(F)F)cc2c(=O)o1. The normalized spacial score (nSPS) is 11.8. The van der Waals surface area contributed by atoms with Gasteiger partial charge in [-0.3, -0.25) is 0 Å². The summed E-state index contributed by atoms with van der Waals surface area (Å²) in [5.41, 5.74) is -0.492. The number of aromatic nitrogens is 1. The molecule has 1 aromatic heterocycles. The first-order chi connectivity index (χ1) is 7.85. The van der Waals surface area contributed by atoms with Crippen molar-refractivity contribution in [2.24, 2.45) is 0 Å². The first-order valence-electron chi connectivity index (χ1n) is 4.52. The monoisotopic (exact) mass is 245 g/mol. The molecule has 0 N–H and O–H groups in total. The first-order valence-corrected chi connectivity index (χ1v) is 4.52. The van der Waals surface area contributed by atoms with Crippen LogP contribution >= 0.6 is 0 Å². The molecule has 0 saturated carbocycles. The molecule has 0 atom stereocenters. The number of aryl methyl sites for hydroxylation is 1. The molecular weight excluding hydrogens is 239 g/mol. The Morgan fingerprint density at radius 2 is 2.06 bits per heavy atom. The van der Waals surface area contributed by atoms with Gasteiger partial charge in [-0.1, -0.05) is 0 Å². The highest BCUT2D eigenvalue weighted by atomic mass is 19.4. The van der Waals surface area contributed by atoms with Crippen LogP contribution in [0.2, 0.25) is 0 Å². The molecule has 2 rings (SSSR count). The number of nitrogens with zero attached hydrogens (tertiary/aromatic N) is 1. The van der Waals surface area contributed by atoms with Gasteiger partial charge in [0.2, 0.25) is 0 Å². The Bertz CT molecular complexity index is 618. The van der Waals surface area contributed by atoms with E-state index in [0.29, 0.717) is 0 Å². The fourth-order valence-corrected chi connectivity index (χ4v) is 1.35. The molecule has 1 heterocycles. The number of fused-ring (bicyclic) bond motifs is 1. The van der Waals surface area contributed by atoms with Crippen LogP contribution in [0, 0.1) is 6.92 Å². The van der Waals surface area contributed by atoms with Gasteiger partial charge in [-0.25, -0.2) is 9.78 Å². The van der Waals surface area contributed by atoms with Gasteiger partial charge in [-0.05, 0) is 18.2 Å². The molecular formula is C10H6F3NO3. The van der Waals surface area contributed by atoms with Crippen LogP contribution in [0.15, 0.2) is 27.4 Å². The molecule has 0 unspecified atom stereocenters. The highest BCUT2D eigenvalue weighted by Crippen LogP contribution is 2.24. The molecule has 2 aromatic rings. The third-order valence-electron chi connectivity index (χ3n) is 1.94. The topological polar surface area (TPSA) is 52.3 Å². The summed E-state index contributed by atoms with van der Waals surface area (Å²) < 4.78 is 44.3. The Kier molecular flexibility index (Phi) is 2.53. The summed E-state index contributed by atoms with van der Waals surface area (Å²) in [7, 11) is 0. The quantitative estimate of drug-likeness (QED) is 0.774. The molecule has 0 radical (unpaired) electrons. The minimum atomic E-state index is -4.80. The standard InChI is InChI=1S/C10H6F3NO3/c1-5-14-8-3-2-6(17-10(11,12)13)4-7(8)9(15)16-5/h2-4H,1H3. The van der Waals surface area contributed by atoms with Crippen molar-refractivity contribution in [3.63, 3.8) is 0 Å². The minimum absolute atomic E-state index is 0.0580. The van der Waals surface area contributed by atoms with E-state index in [4.69, 9.17) is 0 Å². The summed E-state index contributed by atoms with van der Waals surface area (Å²) in [5.74, 6) is -0.338. The fourth-order valence-electron chi connectivity index (χ4n) is 1.35. The lowest BCUT2D eigenvalue weighted by molar-refractivity contribution is -0.274. The molecule has 17 heavy (non-hydrogen) atoms. The lowest BCUT2D eigenvalue weighted by Gasteiger charge is -2.08. The summed E-state index contributed by atoms with van der Waals surface area (Å²) in [4.78, 5) is 15.2. The Balaban J connectivity index is 2.55. The van der Waals surface area contributed by atoms with Crippen molar-refractivity contribution >= 4 is 10.9 Å². The predicted octanol–water partition coefficient (Wildman–Crippen LogP) is 2.40. The summed E-state index contributed by atoms with van der Waals surface area (Å²) in [5, 5.41) is -0.0580. The van der Waals surface area contributed by atoms with Crippen molar-refractivity contribution in [2.75, 3.05) is 0 Å². The highest BCUT2D eigenvalue weighted by Gasteiger charge is 2.31. The van der Waals surface area contributed by atoms with Gasteiger partial charge in [-0.2, -0.15) is 0 Å². The van der Waals surface area contributed by atoms with E-state index in [1.54, 1.807) is 0 Å². The number of alkyl halides is 3. The molecule has 90 valence electrons. The van der Waals surface area contributed by atoms with Crippen molar-refractivity contribution in [2.45, 2.75) is 13.3 Å². The second-order valence-corrected chi connectivity index (χ2v) is 3.25. The summed E-state index contributed by atoms with van der Waals surface area (Å²) in [6.45, 7) is 1.47. The van der Waals surface area contributed by atoms with Gasteiger partial charge in [0.1, 0.15) is 5.75 Å². The molecule has 7 heteroatoms. The van der Waals surface area contributed by atoms with E-state index in [0.717, 1.165) is 12.1 Å². The third kappa shape index (κ3) is 2.55. The van der Waals surface area contributed by atoms with E-state index in [1.807, 2.05) is 0 Å². The maximum absolute atomic E-state index is 12.0. The molecule has 0 saturated heterocycles. The second-order valence-electron chi connectivity index (χ2n) is 3.25. The number of ether oxygens (including phenoxy) is 1. The van der Waals surface area contributed by atoms with Gasteiger partial charge < -0.3 is 9.15 Å². The van der Waals surface area contributed by atoms with Crippen molar-refractivity contribution in [3.05, 3.63) is 34.5 Å². The fraction of sp³-hybridized carbons (Fsp3) is 0.200. The van der Waals surface area contributed by atoms with Crippen molar-refractivity contribution < 1.29 is 22.3 Å². The van der Waals surface area contributed by atoms with Gasteiger partial charge in [0.25, 0.3) is 0 Å². The number of hydrogen-bond donors (Lipinski definition) is 0. The van der Waals surface area contributed by atoms with Gasteiger partial charge in [0.05, 0.1) is 10.9 Å². The molecule has 1 aromatic carbocycles. The van der Waals surface area contributed by atoms with Gasteiger partial charge >= 0.3 is 12.0 Å². The minimum Gasteiger partial charge on any atom is -0.408 e. The van der Waals surface area contributed by atoms with Gasteiger partial charge in [0, 0.05) is 6.92 Å². The van der Waals surface area contributed by atoms with Crippen molar-refractivity contribution in [1.82, 2.24) is 4.98 Å². The molecule has 0 bridgehead atoms. The van der Waals surface area contributed by atoms with E-state index in [9.17, 15) is 18.0 Å². The van der Waals surface area contributed by atoms with E-state index in [-0.39, 0.29) is 16.8 Å². The number of rotatable bonds is 1. The van der Waals surface area contributed by atoms with Crippen LogP contribution in [0.1, 0.15) is 5.89 Å². The van der Waals surface area contributed by atoms with Crippen LogP contribution in [-0.2, 0) is 0 Å². The first kappa shape index (κ1) is 11.4. The number of halogens is 3. The summed E-state index contributed by atoms with van der Waals surface area (Å²) >= 11 is 0. The second kappa shape index (κ2) is 3.76. The smallest absolute Gasteiger partial charge is 0.408 e. The zero-order valence-corrected chi connectivity index (χ0v) is 8.54. The number of benzene rings is 1. The maximum atomic E-state index is 12.0. The zero-order valence-electron chi connectivity index (χ0n) is 8.54. The van der Waals surface area contributed by atoms with E-state index >= 15 is 0 Å². The lowest BCUT2D eigenvalue weighted by atomic mass is 10.2. The van der Waals surface area contributed by atoms with Crippen LogP contribution in [-0.4, -0.2) is 11.3 Å². The molecule has 0 fully saturated rings. The average Bonchev–Trinajstić information content (AvgIpc) is 2.16. The van der Waals surface area contributed by atoms with Gasteiger partial charge in [-0.15, -0.1) is 13.2 Å². The van der Waals surface area contributed by atoms with E-state index in [2.05, 4.69) is 14.1 Å². The van der Waals surface area contributed by atoms with Crippen LogP contribution in [0.5, 0.6) is 5.75 Å². The largest absolute Gasteiger partial charge is 0.573 e. The number of hydrogen-bond acceptors (Lipinski definition) is 4. The Labute approximate surface area is 92.6 Å². The van der Waals surface area contributed by atoms with Gasteiger partial charge in [0.15, 0.2) is 5.89 Å². The van der Waals surface area contributed by atoms with Crippen LogP contribution < -0.4 is 10.4 Å². The maximum Gasteiger partial charge on any atom is 0.573 e. The Morgan fingerprint density at radius 1 is 1.35 bits per heavy atom. The lowest BCUT2D eigenvalue weighted by Crippen LogP contribution is -2.17. The van der Waals surface area contributed by atoms with Crippen LogP contribution in [0.4, 0.5) is 13.2 Å².